The summed E-state index contributed by atoms with van der Waals surface area (Å²) in [6.07, 6.45) is -3.14. The van der Waals surface area contributed by atoms with E-state index in [1.807, 2.05) is 6.92 Å². The fourth-order valence-corrected chi connectivity index (χ4v) is 2.60. The zero-order valence-corrected chi connectivity index (χ0v) is 17.1. The third-order valence-electron chi connectivity index (χ3n) is 3.78. The average molecular weight is 487 g/mol. The largest absolute Gasteiger partial charge is 0.573 e. The first-order chi connectivity index (χ1) is 11.9. The lowest BCUT2D eigenvalue weighted by Gasteiger charge is -2.14. The summed E-state index contributed by atoms with van der Waals surface area (Å²) in [7, 11) is 1.64. The molecule has 0 heterocycles. The fourth-order valence-electron chi connectivity index (χ4n) is 2.60. The second-order valence-electron chi connectivity index (χ2n) is 5.79. The highest BCUT2D eigenvalue weighted by Crippen LogP contribution is 2.45. The van der Waals surface area contributed by atoms with Crippen molar-refractivity contribution in [3.63, 3.8) is 0 Å². The van der Waals surface area contributed by atoms with Crippen LogP contribution in [-0.4, -0.2) is 45.2 Å². The number of aliphatic imine (C=N–C) groups is 1. The van der Waals surface area contributed by atoms with Gasteiger partial charge in [0.05, 0.1) is 0 Å². The third kappa shape index (κ3) is 7.56. The van der Waals surface area contributed by atoms with Crippen LogP contribution in [0.1, 0.15) is 31.2 Å². The van der Waals surface area contributed by atoms with Gasteiger partial charge in [-0.05, 0) is 31.4 Å². The summed E-state index contributed by atoms with van der Waals surface area (Å²) in [5.41, 5.74) is 0.563. The van der Waals surface area contributed by atoms with Gasteiger partial charge in [-0.25, -0.2) is 0 Å². The predicted octanol–water partition coefficient (Wildman–Crippen LogP) is 3.65. The van der Waals surface area contributed by atoms with Crippen LogP contribution in [0.3, 0.4) is 0 Å². The topological polar surface area (TPSA) is 54.9 Å². The number of guanidine groups is 1. The van der Waals surface area contributed by atoms with Crippen molar-refractivity contribution in [1.29, 1.82) is 0 Å². The molecule has 0 amide bonds. The molecule has 0 aliphatic heterocycles. The van der Waals surface area contributed by atoms with E-state index in [1.54, 1.807) is 19.2 Å². The van der Waals surface area contributed by atoms with Gasteiger partial charge < -0.3 is 20.1 Å². The van der Waals surface area contributed by atoms with E-state index in [0.717, 1.165) is 12.8 Å². The minimum Gasteiger partial charge on any atom is -0.405 e. The molecular weight excluding hydrogens is 462 g/mol. The van der Waals surface area contributed by atoms with E-state index in [1.165, 1.54) is 12.1 Å². The third-order valence-corrected chi connectivity index (χ3v) is 3.78. The number of para-hydroxylation sites is 1. The van der Waals surface area contributed by atoms with E-state index in [-0.39, 0.29) is 41.7 Å². The molecule has 2 unspecified atom stereocenters. The van der Waals surface area contributed by atoms with Gasteiger partial charge in [0.15, 0.2) is 5.96 Å². The van der Waals surface area contributed by atoms with Crippen LogP contribution in [0.4, 0.5) is 13.2 Å². The Morgan fingerprint density at radius 3 is 2.69 bits per heavy atom. The van der Waals surface area contributed by atoms with Crippen molar-refractivity contribution in [2.75, 3.05) is 26.8 Å². The summed E-state index contributed by atoms with van der Waals surface area (Å²) in [5.74, 6) is 0.507. The molecule has 0 radical (unpaired) electrons. The summed E-state index contributed by atoms with van der Waals surface area (Å²) in [5, 5.41) is 6.41. The first kappa shape index (κ1) is 22.8. The zero-order chi connectivity index (χ0) is 18.3. The number of hydrogen-bond acceptors (Lipinski definition) is 3. The second kappa shape index (κ2) is 10.8. The molecule has 2 atom stereocenters. The predicted molar refractivity (Wildman–Crippen MR) is 105 cm³/mol. The molecule has 5 nitrogen and oxygen atoms in total. The van der Waals surface area contributed by atoms with Crippen molar-refractivity contribution in [2.45, 2.75) is 38.1 Å². The molecule has 1 aliphatic carbocycles. The summed E-state index contributed by atoms with van der Waals surface area (Å²) >= 11 is 0. The first-order valence-corrected chi connectivity index (χ1v) is 8.33. The fraction of sp³-hybridized carbons (Fsp3) is 0.588. The Balaban J connectivity index is 0.00000338. The molecule has 0 saturated heterocycles. The normalized spacial score (nSPS) is 19.5. The molecule has 1 fully saturated rings. The van der Waals surface area contributed by atoms with Crippen LogP contribution < -0.4 is 15.4 Å². The van der Waals surface area contributed by atoms with E-state index < -0.39 is 6.36 Å². The molecule has 2 N–H and O–H groups in total. The Bertz CT molecular complexity index is 585. The molecule has 1 aromatic rings. The van der Waals surface area contributed by atoms with Crippen molar-refractivity contribution in [3.05, 3.63) is 29.8 Å². The number of hydrogen-bond donors (Lipinski definition) is 2. The highest BCUT2D eigenvalue weighted by atomic mass is 127. The van der Waals surface area contributed by atoms with Crippen LogP contribution in [0, 0.1) is 0 Å². The lowest BCUT2D eigenvalue weighted by atomic mass is 10.1. The van der Waals surface area contributed by atoms with Gasteiger partial charge in [0.1, 0.15) is 5.75 Å². The number of benzene rings is 1. The molecule has 26 heavy (non-hydrogen) atoms. The van der Waals surface area contributed by atoms with Gasteiger partial charge in [0, 0.05) is 38.8 Å². The lowest BCUT2D eigenvalue weighted by Crippen LogP contribution is -2.39. The summed E-state index contributed by atoms with van der Waals surface area (Å²) in [6, 6.07) is 6.32. The quantitative estimate of drug-likeness (QED) is 0.255. The van der Waals surface area contributed by atoms with Crippen LogP contribution >= 0.6 is 24.0 Å². The second-order valence-corrected chi connectivity index (χ2v) is 5.79. The monoisotopic (exact) mass is 487 g/mol. The molecule has 0 aromatic heterocycles. The number of nitrogens with zero attached hydrogens (tertiary/aromatic N) is 1. The Hall–Kier alpha value is -1.23. The van der Waals surface area contributed by atoms with Crippen LogP contribution in [0.5, 0.6) is 5.75 Å². The van der Waals surface area contributed by atoms with Crippen LogP contribution in [0.2, 0.25) is 0 Å². The SMILES string of the molecule is CCNC(=NCCCOC)NC1CC1c1ccccc1OC(F)(F)F.I. The number of nitrogens with one attached hydrogen (secondary N) is 2. The van der Waals surface area contributed by atoms with Gasteiger partial charge in [-0.1, -0.05) is 18.2 Å². The van der Waals surface area contributed by atoms with Crippen LogP contribution in [-0.2, 0) is 4.74 Å². The molecule has 1 aliphatic rings. The maximum Gasteiger partial charge on any atom is 0.573 e. The average Bonchev–Trinajstić information content (AvgIpc) is 3.29. The Morgan fingerprint density at radius 2 is 2.04 bits per heavy atom. The maximum absolute atomic E-state index is 12.5. The van der Waals surface area contributed by atoms with Crippen LogP contribution in [0.25, 0.3) is 0 Å². The molecule has 2 rings (SSSR count). The van der Waals surface area contributed by atoms with Gasteiger partial charge in [0.25, 0.3) is 0 Å². The Labute approximate surface area is 168 Å². The standard InChI is InChI=1S/C17H24F3N3O2.HI/c1-3-21-16(22-9-6-10-24-2)23-14-11-13(14)12-7-4-5-8-15(12)25-17(18,19)20;/h4-5,7-8,13-14H,3,6,9-11H2,1-2H3,(H2,21,22,23);1H. The van der Waals surface area contributed by atoms with E-state index in [9.17, 15) is 13.2 Å². The van der Waals surface area contributed by atoms with E-state index >= 15 is 0 Å². The number of methoxy groups -OCH3 is 1. The van der Waals surface area contributed by atoms with E-state index in [0.29, 0.717) is 31.2 Å². The smallest absolute Gasteiger partial charge is 0.405 e. The van der Waals surface area contributed by atoms with Gasteiger partial charge in [-0.15, -0.1) is 37.1 Å². The van der Waals surface area contributed by atoms with Gasteiger partial charge in [-0.2, -0.15) is 0 Å². The molecule has 9 heteroatoms. The van der Waals surface area contributed by atoms with Crippen LogP contribution in [0.15, 0.2) is 29.3 Å². The summed E-state index contributed by atoms with van der Waals surface area (Å²) < 4.78 is 46.7. The molecule has 0 bridgehead atoms. The Morgan fingerprint density at radius 1 is 1.31 bits per heavy atom. The zero-order valence-electron chi connectivity index (χ0n) is 14.8. The number of alkyl halides is 3. The summed E-state index contributed by atoms with van der Waals surface area (Å²) in [6.45, 7) is 3.93. The summed E-state index contributed by atoms with van der Waals surface area (Å²) in [4.78, 5) is 4.44. The van der Waals surface area contributed by atoms with E-state index in [4.69, 9.17) is 4.74 Å². The molecule has 1 aromatic carbocycles. The molecule has 1 saturated carbocycles. The van der Waals surface area contributed by atoms with Gasteiger partial charge in [-0.3, -0.25) is 4.99 Å². The first-order valence-electron chi connectivity index (χ1n) is 8.33. The highest BCUT2D eigenvalue weighted by Gasteiger charge is 2.42. The van der Waals surface area contributed by atoms with Gasteiger partial charge >= 0.3 is 6.36 Å². The van der Waals surface area contributed by atoms with E-state index in [2.05, 4.69) is 20.4 Å². The number of halogens is 4. The molecule has 0 spiro atoms. The minimum absolute atomic E-state index is 0. The Kier molecular flexibility index (Phi) is 9.48. The van der Waals surface area contributed by atoms with Gasteiger partial charge in [0.2, 0.25) is 0 Å². The highest BCUT2D eigenvalue weighted by molar-refractivity contribution is 14.0. The van der Waals surface area contributed by atoms with Crippen molar-refractivity contribution >= 4 is 29.9 Å². The minimum atomic E-state index is -4.69. The molecular formula is C17H25F3IN3O2. The molecule has 148 valence electrons. The van der Waals surface area contributed by atoms with Crippen molar-refractivity contribution in [1.82, 2.24) is 10.6 Å². The number of ether oxygens (including phenoxy) is 2. The maximum atomic E-state index is 12.5. The van der Waals surface area contributed by atoms with Crippen molar-refractivity contribution in [2.24, 2.45) is 4.99 Å². The van der Waals surface area contributed by atoms with Crippen molar-refractivity contribution in [3.8, 4) is 5.75 Å². The number of rotatable bonds is 8. The lowest BCUT2D eigenvalue weighted by molar-refractivity contribution is -0.274. The van der Waals surface area contributed by atoms with Crippen molar-refractivity contribution < 1.29 is 22.6 Å².